The average molecular weight is 111 g/mol. The zero-order valence-corrected chi connectivity index (χ0v) is 4.26. The summed E-state index contributed by atoms with van der Waals surface area (Å²) in [7, 11) is 0. The molecule has 0 atom stereocenters. The third kappa shape index (κ3) is 0.964. The highest BCUT2D eigenvalue weighted by atomic mass is 19.1. The lowest BCUT2D eigenvalue weighted by Crippen LogP contribution is -2.03. The van der Waals surface area contributed by atoms with Gasteiger partial charge in [0.2, 0.25) is 0 Å². The van der Waals surface area contributed by atoms with E-state index in [0.29, 0.717) is 12.0 Å². The predicted octanol–water partition coefficient (Wildman–Crippen LogP) is 1.47. The van der Waals surface area contributed by atoms with E-state index < -0.39 is 0 Å². The highest BCUT2D eigenvalue weighted by molar-refractivity contribution is 5.25. The highest BCUT2D eigenvalue weighted by Crippen LogP contribution is 1.96. The Morgan fingerprint density at radius 3 is 2.75 bits per heavy atom. The monoisotopic (exact) mass is 111 g/mol. The van der Waals surface area contributed by atoms with Crippen LogP contribution in [0, 0.1) is 0 Å². The second-order valence-corrected chi connectivity index (χ2v) is 1.43. The van der Waals surface area contributed by atoms with Crippen molar-refractivity contribution in [3.63, 3.8) is 0 Å². The molecule has 1 aliphatic rings. The number of halogens is 1. The summed E-state index contributed by atoms with van der Waals surface area (Å²) in [6.45, 7) is 0. The first-order valence-electron chi connectivity index (χ1n) is 2.33. The molecule has 8 heavy (non-hydrogen) atoms. The maximum Gasteiger partial charge on any atom is 0.110 e. The summed E-state index contributed by atoms with van der Waals surface area (Å²) in [6, 6.07) is 0. The topological polar surface area (TPSA) is 12.0 Å². The second kappa shape index (κ2) is 2.31. The van der Waals surface area contributed by atoms with Crippen LogP contribution in [0.3, 0.4) is 0 Å². The van der Waals surface area contributed by atoms with E-state index in [1.165, 1.54) is 0 Å². The first-order chi connectivity index (χ1) is 3.93. The number of hydrogen-bond donors (Lipinski definition) is 1. The van der Waals surface area contributed by atoms with Crippen LogP contribution >= 0.6 is 0 Å². The van der Waals surface area contributed by atoms with Crippen molar-refractivity contribution < 1.29 is 4.39 Å². The minimum atomic E-state index is 0.493. The molecule has 2 heteroatoms. The predicted molar refractivity (Wildman–Crippen MR) is 30.6 cm³/mol. The van der Waals surface area contributed by atoms with Crippen LogP contribution in [0.25, 0.3) is 0 Å². The molecule has 1 aliphatic heterocycles. The van der Waals surface area contributed by atoms with Gasteiger partial charge in [0.05, 0.1) is 5.70 Å². The summed E-state index contributed by atoms with van der Waals surface area (Å²) in [5.74, 6) is 0. The Labute approximate surface area is 47.2 Å². The van der Waals surface area contributed by atoms with Gasteiger partial charge in [-0.05, 0) is 12.2 Å². The van der Waals surface area contributed by atoms with Crippen LogP contribution in [0.5, 0.6) is 0 Å². The van der Waals surface area contributed by atoms with Crippen molar-refractivity contribution in [3.05, 3.63) is 36.5 Å². The molecular formula is C6H6FN. The fraction of sp³-hybridized carbons (Fsp3) is 0. The van der Waals surface area contributed by atoms with Gasteiger partial charge in [0.15, 0.2) is 0 Å². The average Bonchev–Trinajstić information content (AvgIpc) is 1.90. The van der Waals surface area contributed by atoms with Crippen molar-refractivity contribution in [2.24, 2.45) is 0 Å². The molecule has 0 aromatic heterocycles. The van der Waals surface area contributed by atoms with Gasteiger partial charge in [0.1, 0.15) is 6.33 Å². The van der Waals surface area contributed by atoms with Crippen LogP contribution in [-0.2, 0) is 0 Å². The molecule has 0 fully saturated rings. The molecule has 0 radical (unpaired) electrons. The molecule has 0 unspecified atom stereocenters. The van der Waals surface area contributed by atoms with Crippen LogP contribution < -0.4 is 5.32 Å². The van der Waals surface area contributed by atoms with E-state index in [0.717, 1.165) is 0 Å². The zero-order chi connectivity index (χ0) is 5.82. The normalized spacial score (nSPS) is 21.4. The first kappa shape index (κ1) is 5.09. The lowest BCUT2D eigenvalue weighted by molar-refractivity contribution is 0.704. The first-order valence-corrected chi connectivity index (χ1v) is 2.33. The van der Waals surface area contributed by atoms with Gasteiger partial charge >= 0.3 is 0 Å². The third-order valence-electron chi connectivity index (χ3n) is 0.851. The molecule has 1 rings (SSSR count). The van der Waals surface area contributed by atoms with Gasteiger partial charge in [-0.2, -0.15) is 0 Å². The largest absolute Gasteiger partial charge is 0.360 e. The SMILES string of the molecule is FC=C1C=CC=CN1. The third-order valence-corrected chi connectivity index (χ3v) is 0.851. The quantitative estimate of drug-likeness (QED) is 0.499. The molecule has 0 amide bonds. The lowest BCUT2D eigenvalue weighted by atomic mass is 10.3. The molecule has 0 saturated carbocycles. The van der Waals surface area contributed by atoms with Crippen molar-refractivity contribution in [1.82, 2.24) is 5.32 Å². The van der Waals surface area contributed by atoms with E-state index >= 15 is 0 Å². The molecule has 0 aromatic carbocycles. The van der Waals surface area contributed by atoms with E-state index in [4.69, 9.17) is 0 Å². The Bertz CT molecular complexity index is 156. The molecule has 1 N–H and O–H groups in total. The summed E-state index contributed by atoms with van der Waals surface area (Å²) < 4.78 is 11.6. The van der Waals surface area contributed by atoms with E-state index in [-0.39, 0.29) is 0 Å². The van der Waals surface area contributed by atoms with Gasteiger partial charge < -0.3 is 5.32 Å². The maximum absolute atomic E-state index is 11.6. The van der Waals surface area contributed by atoms with E-state index in [9.17, 15) is 4.39 Å². The van der Waals surface area contributed by atoms with Crippen LogP contribution in [0.1, 0.15) is 0 Å². The zero-order valence-electron chi connectivity index (χ0n) is 4.26. The summed E-state index contributed by atoms with van der Waals surface area (Å²) >= 11 is 0. The van der Waals surface area contributed by atoms with Crippen molar-refractivity contribution in [2.45, 2.75) is 0 Å². The smallest absolute Gasteiger partial charge is 0.110 e. The van der Waals surface area contributed by atoms with Crippen LogP contribution in [-0.4, -0.2) is 0 Å². The van der Waals surface area contributed by atoms with E-state index in [1.54, 1.807) is 24.4 Å². The molecule has 0 aromatic rings. The van der Waals surface area contributed by atoms with Crippen molar-refractivity contribution in [1.29, 1.82) is 0 Å². The van der Waals surface area contributed by atoms with Crippen LogP contribution in [0.4, 0.5) is 4.39 Å². The van der Waals surface area contributed by atoms with E-state index in [1.807, 2.05) is 0 Å². The van der Waals surface area contributed by atoms with Crippen LogP contribution in [0.15, 0.2) is 36.5 Å². The minimum absolute atomic E-state index is 0.493. The van der Waals surface area contributed by atoms with E-state index in [2.05, 4.69) is 5.32 Å². The molecule has 1 heterocycles. The van der Waals surface area contributed by atoms with Gasteiger partial charge in [-0.1, -0.05) is 6.08 Å². The Balaban J connectivity index is 2.66. The van der Waals surface area contributed by atoms with Crippen molar-refractivity contribution in [3.8, 4) is 0 Å². The Morgan fingerprint density at radius 2 is 2.38 bits per heavy atom. The Kier molecular flexibility index (Phi) is 1.47. The molecule has 0 aliphatic carbocycles. The van der Waals surface area contributed by atoms with Crippen molar-refractivity contribution >= 4 is 0 Å². The summed E-state index contributed by atoms with van der Waals surface area (Å²) in [6.07, 6.45) is 7.42. The minimum Gasteiger partial charge on any atom is -0.360 e. The summed E-state index contributed by atoms with van der Waals surface area (Å²) in [5.41, 5.74) is 0.493. The second-order valence-electron chi connectivity index (χ2n) is 1.43. The molecule has 0 spiro atoms. The number of nitrogens with one attached hydrogen (secondary N) is 1. The molecule has 0 saturated heterocycles. The number of allylic oxidation sites excluding steroid dienone is 3. The standard InChI is InChI=1S/C6H6FN/c7-5-6-3-1-2-4-8-6/h1-5,8H. The number of dihydropyridines is 1. The number of hydrogen-bond acceptors (Lipinski definition) is 1. The maximum atomic E-state index is 11.6. The van der Waals surface area contributed by atoms with Gasteiger partial charge in [-0.3, -0.25) is 0 Å². The van der Waals surface area contributed by atoms with Gasteiger partial charge in [-0.15, -0.1) is 0 Å². The Morgan fingerprint density at radius 1 is 1.50 bits per heavy atom. The highest BCUT2D eigenvalue weighted by Gasteiger charge is 1.87. The summed E-state index contributed by atoms with van der Waals surface area (Å²) in [5, 5.41) is 2.69. The number of rotatable bonds is 0. The summed E-state index contributed by atoms with van der Waals surface area (Å²) in [4.78, 5) is 0. The fourth-order valence-electron chi connectivity index (χ4n) is 0.475. The van der Waals surface area contributed by atoms with Gasteiger partial charge in [-0.25, -0.2) is 4.39 Å². The van der Waals surface area contributed by atoms with Gasteiger partial charge in [0.25, 0.3) is 0 Å². The molecule has 1 nitrogen and oxygen atoms in total. The van der Waals surface area contributed by atoms with Crippen LogP contribution in [0.2, 0.25) is 0 Å². The molecular weight excluding hydrogens is 105 g/mol. The van der Waals surface area contributed by atoms with Gasteiger partial charge in [0, 0.05) is 6.20 Å². The fourth-order valence-corrected chi connectivity index (χ4v) is 0.475. The Hall–Kier alpha value is -1.05. The lowest BCUT2D eigenvalue weighted by Gasteiger charge is -2.00. The molecule has 0 bridgehead atoms. The van der Waals surface area contributed by atoms with Crippen molar-refractivity contribution in [2.75, 3.05) is 0 Å². The molecule has 42 valence electrons.